The standard InChI is InChI=1S/C18H27N3O3S/c1-12-15(13(2)24-19-12)10-21-11-18(9-16(21)22)5-7-20(8-6-18)17(23)14(3)25-4/h14H,5-11H2,1-4H3. The number of thioether (sulfide) groups is 1. The summed E-state index contributed by atoms with van der Waals surface area (Å²) < 4.78 is 5.22. The van der Waals surface area contributed by atoms with Gasteiger partial charge in [-0.1, -0.05) is 5.16 Å². The van der Waals surface area contributed by atoms with Gasteiger partial charge >= 0.3 is 0 Å². The van der Waals surface area contributed by atoms with E-state index >= 15 is 0 Å². The molecule has 6 nitrogen and oxygen atoms in total. The van der Waals surface area contributed by atoms with Gasteiger partial charge in [-0.2, -0.15) is 11.8 Å². The molecule has 0 saturated carbocycles. The van der Waals surface area contributed by atoms with Gasteiger partial charge in [0.1, 0.15) is 5.76 Å². The van der Waals surface area contributed by atoms with Gasteiger partial charge in [0, 0.05) is 37.0 Å². The van der Waals surface area contributed by atoms with Gasteiger partial charge in [0.2, 0.25) is 11.8 Å². The van der Waals surface area contributed by atoms with E-state index in [1.165, 1.54) is 0 Å². The fourth-order valence-corrected chi connectivity index (χ4v) is 4.29. The maximum absolute atomic E-state index is 12.6. The Kier molecular flexibility index (Phi) is 5.14. The van der Waals surface area contributed by atoms with Crippen LogP contribution in [0.3, 0.4) is 0 Å². The first-order valence-electron chi connectivity index (χ1n) is 8.86. The molecule has 3 heterocycles. The smallest absolute Gasteiger partial charge is 0.235 e. The Hall–Kier alpha value is -1.50. The molecule has 0 bridgehead atoms. The molecule has 2 saturated heterocycles. The second-order valence-electron chi connectivity index (χ2n) is 7.43. The number of hydrogen-bond donors (Lipinski definition) is 0. The third kappa shape index (κ3) is 3.57. The minimum Gasteiger partial charge on any atom is -0.361 e. The first-order valence-corrected chi connectivity index (χ1v) is 10.1. The van der Waals surface area contributed by atoms with Crippen LogP contribution in [0.5, 0.6) is 0 Å². The number of rotatable bonds is 4. The predicted octanol–water partition coefficient (Wildman–Crippen LogP) is 2.38. The third-order valence-electron chi connectivity index (χ3n) is 5.77. The molecule has 2 fully saturated rings. The highest BCUT2D eigenvalue weighted by Crippen LogP contribution is 2.42. The molecular formula is C18H27N3O3S. The van der Waals surface area contributed by atoms with Gasteiger partial charge in [-0.05, 0) is 39.9 Å². The van der Waals surface area contributed by atoms with Crippen LogP contribution >= 0.6 is 11.8 Å². The van der Waals surface area contributed by atoms with Crippen LogP contribution in [-0.4, -0.2) is 57.9 Å². The molecule has 2 amide bonds. The number of carbonyl (C=O) groups excluding carboxylic acids is 2. The summed E-state index contributed by atoms with van der Waals surface area (Å²) in [5, 5.41) is 3.99. The second kappa shape index (κ2) is 7.02. The summed E-state index contributed by atoms with van der Waals surface area (Å²) >= 11 is 1.59. The zero-order chi connectivity index (χ0) is 18.2. The maximum Gasteiger partial charge on any atom is 0.235 e. The molecule has 0 aliphatic carbocycles. The van der Waals surface area contributed by atoms with Gasteiger partial charge in [0.05, 0.1) is 17.5 Å². The number of amides is 2. The SMILES string of the molecule is CSC(C)C(=O)N1CCC2(CC1)CC(=O)N(Cc1c(C)noc1C)C2. The Balaban J connectivity index is 1.62. The van der Waals surface area contributed by atoms with Gasteiger partial charge in [-0.15, -0.1) is 0 Å². The van der Waals surface area contributed by atoms with Crippen molar-refractivity contribution in [1.29, 1.82) is 0 Å². The first-order chi connectivity index (χ1) is 11.8. The molecule has 2 aliphatic rings. The Labute approximate surface area is 153 Å². The number of hydrogen-bond acceptors (Lipinski definition) is 5. The van der Waals surface area contributed by atoms with Crippen molar-refractivity contribution >= 4 is 23.6 Å². The lowest BCUT2D eigenvalue weighted by Gasteiger charge is -2.39. The number of aromatic nitrogens is 1. The Morgan fingerprint density at radius 3 is 2.60 bits per heavy atom. The molecule has 0 radical (unpaired) electrons. The lowest BCUT2D eigenvalue weighted by molar-refractivity contribution is -0.132. The molecular weight excluding hydrogens is 338 g/mol. The summed E-state index contributed by atoms with van der Waals surface area (Å²) in [4.78, 5) is 28.8. The Morgan fingerprint density at radius 1 is 1.36 bits per heavy atom. The number of nitrogens with zero attached hydrogens (tertiary/aromatic N) is 3. The summed E-state index contributed by atoms with van der Waals surface area (Å²) in [5.41, 5.74) is 1.90. The average Bonchev–Trinajstić information content (AvgIpc) is 3.08. The third-order valence-corrected chi connectivity index (χ3v) is 6.68. The molecule has 0 N–H and O–H groups in total. The zero-order valence-electron chi connectivity index (χ0n) is 15.5. The van der Waals surface area contributed by atoms with Crippen LogP contribution in [0.4, 0.5) is 0 Å². The number of piperidine rings is 1. The van der Waals surface area contributed by atoms with Crippen LogP contribution in [0.2, 0.25) is 0 Å². The van der Waals surface area contributed by atoms with E-state index < -0.39 is 0 Å². The maximum atomic E-state index is 12.6. The molecule has 25 heavy (non-hydrogen) atoms. The van der Waals surface area contributed by atoms with Crippen molar-refractivity contribution < 1.29 is 14.1 Å². The van der Waals surface area contributed by atoms with Gasteiger partial charge < -0.3 is 14.3 Å². The van der Waals surface area contributed by atoms with Gasteiger partial charge in [0.25, 0.3) is 0 Å². The van der Waals surface area contributed by atoms with Crippen LogP contribution in [0.1, 0.15) is 43.2 Å². The van der Waals surface area contributed by atoms with Gasteiger partial charge in [-0.3, -0.25) is 9.59 Å². The molecule has 1 aromatic rings. The highest BCUT2D eigenvalue weighted by molar-refractivity contribution is 7.99. The molecule has 1 spiro atoms. The summed E-state index contributed by atoms with van der Waals surface area (Å²) in [6, 6.07) is 0. The van der Waals surface area contributed by atoms with Crippen molar-refractivity contribution in [3.05, 3.63) is 17.0 Å². The Morgan fingerprint density at radius 2 is 2.04 bits per heavy atom. The second-order valence-corrected chi connectivity index (χ2v) is 8.61. The van der Waals surface area contributed by atoms with E-state index in [0.717, 1.165) is 49.5 Å². The van der Waals surface area contributed by atoms with Crippen molar-refractivity contribution in [3.63, 3.8) is 0 Å². The molecule has 7 heteroatoms. The minimum atomic E-state index is 0.00954. The molecule has 2 aliphatic heterocycles. The lowest BCUT2D eigenvalue weighted by Crippen LogP contribution is -2.46. The zero-order valence-corrected chi connectivity index (χ0v) is 16.3. The number of likely N-dealkylation sites (tertiary alicyclic amines) is 2. The molecule has 1 aromatic heterocycles. The summed E-state index contributed by atoms with van der Waals surface area (Å²) in [7, 11) is 0. The minimum absolute atomic E-state index is 0.00954. The highest BCUT2D eigenvalue weighted by Gasteiger charge is 2.45. The molecule has 1 atom stereocenters. The van der Waals surface area contributed by atoms with Gasteiger partial charge in [0.15, 0.2) is 0 Å². The molecule has 1 unspecified atom stereocenters. The summed E-state index contributed by atoms with van der Waals surface area (Å²) in [6.45, 7) is 8.64. The van der Waals surface area contributed by atoms with E-state index in [1.54, 1.807) is 11.8 Å². The largest absolute Gasteiger partial charge is 0.361 e. The van der Waals surface area contributed by atoms with Crippen molar-refractivity contribution in [2.75, 3.05) is 25.9 Å². The van der Waals surface area contributed by atoms with E-state index in [9.17, 15) is 9.59 Å². The van der Waals surface area contributed by atoms with Gasteiger partial charge in [-0.25, -0.2) is 0 Å². The van der Waals surface area contributed by atoms with Crippen LogP contribution in [0.15, 0.2) is 4.52 Å². The highest BCUT2D eigenvalue weighted by atomic mass is 32.2. The van der Waals surface area contributed by atoms with E-state index in [2.05, 4.69) is 5.16 Å². The van der Waals surface area contributed by atoms with E-state index in [4.69, 9.17) is 4.52 Å². The van der Waals surface area contributed by atoms with E-state index in [-0.39, 0.29) is 22.5 Å². The van der Waals surface area contributed by atoms with Crippen LogP contribution in [0.25, 0.3) is 0 Å². The molecule has 0 aromatic carbocycles. The summed E-state index contributed by atoms with van der Waals surface area (Å²) in [6.07, 6.45) is 4.38. The quantitative estimate of drug-likeness (QED) is 0.820. The Bertz CT molecular complexity index is 645. The molecule has 3 rings (SSSR count). The fourth-order valence-electron chi connectivity index (χ4n) is 3.94. The first kappa shape index (κ1) is 18.3. The monoisotopic (exact) mass is 365 g/mol. The summed E-state index contributed by atoms with van der Waals surface area (Å²) in [5.74, 6) is 1.22. The van der Waals surface area contributed by atoms with E-state index in [1.807, 2.05) is 36.8 Å². The average molecular weight is 365 g/mol. The van der Waals surface area contributed by atoms with Crippen molar-refractivity contribution in [3.8, 4) is 0 Å². The predicted molar refractivity (Wildman–Crippen MR) is 97.2 cm³/mol. The van der Waals surface area contributed by atoms with Crippen molar-refractivity contribution in [1.82, 2.24) is 15.0 Å². The van der Waals surface area contributed by atoms with Crippen LogP contribution in [-0.2, 0) is 16.1 Å². The van der Waals surface area contributed by atoms with Crippen LogP contribution < -0.4 is 0 Å². The fraction of sp³-hybridized carbons (Fsp3) is 0.722. The van der Waals surface area contributed by atoms with Crippen molar-refractivity contribution in [2.45, 2.75) is 51.8 Å². The lowest BCUT2D eigenvalue weighted by atomic mass is 9.77. The normalized spacial score (nSPS) is 21.2. The number of aryl methyl sites for hydroxylation is 2. The van der Waals surface area contributed by atoms with Crippen LogP contribution in [0, 0.1) is 19.3 Å². The number of carbonyl (C=O) groups is 2. The molecule has 138 valence electrons. The van der Waals surface area contributed by atoms with E-state index in [0.29, 0.717) is 13.0 Å². The van der Waals surface area contributed by atoms with Crippen molar-refractivity contribution in [2.24, 2.45) is 5.41 Å². The topological polar surface area (TPSA) is 66.7 Å².